The molecule has 3 atom stereocenters. The van der Waals surface area contributed by atoms with Gasteiger partial charge in [-0.1, -0.05) is 40.5 Å². The molecule has 102 valence electrons. The number of rotatable bonds is 3. The second-order valence-electron chi connectivity index (χ2n) is 4.11. The van der Waals surface area contributed by atoms with Crippen LogP contribution in [-0.2, 0) is 14.3 Å². The molecule has 0 aromatic rings. The molecule has 0 fully saturated rings. The van der Waals surface area contributed by atoms with Gasteiger partial charge < -0.3 is 9.47 Å². The van der Waals surface area contributed by atoms with Crippen molar-refractivity contribution >= 4 is 33.5 Å². The third kappa shape index (κ3) is 5.12. The summed E-state index contributed by atoms with van der Waals surface area (Å²) in [5, 5.41) is 0.829. The predicted octanol–water partition coefficient (Wildman–Crippen LogP) is 3.56. The number of carbonyl (C=O) groups is 1. The van der Waals surface area contributed by atoms with Gasteiger partial charge in [0, 0.05) is 15.9 Å². The van der Waals surface area contributed by atoms with E-state index < -0.39 is 0 Å². The van der Waals surface area contributed by atoms with Gasteiger partial charge in [0.25, 0.3) is 0 Å². The highest BCUT2D eigenvalue weighted by atomic mass is 79.9. The topological polar surface area (TPSA) is 35.5 Å². The maximum Gasteiger partial charge on any atom is 0.330 e. The molecule has 1 aliphatic heterocycles. The maximum absolute atomic E-state index is 11.1. The van der Waals surface area contributed by atoms with Gasteiger partial charge in [0.15, 0.2) is 0 Å². The Labute approximate surface area is 121 Å². The fraction of sp³-hybridized carbons (Fsp3) is 0.615. The number of halogens is 2. The molecule has 0 saturated heterocycles. The number of allylic oxidation sites excluding steroid dienone is 1. The lowest BCUT2D eigenvalue weighted by atomic mass is 10.1. The first-order valence-corrected chi connectivity index (χ1v) is 7.26. The Morgan fingerprint density at radius 2 is 2.44 bits per heavy atom. The molecular formula is C13H18BrClO3. The molecule has 0 spiro atoms. The molecule has 0 saturated carbocycles. The van der Waals surface area contributed by atoms with Crippen LogP contribution >= 0.6 is 27.5 Å². The molecule has 0 amide bonds. The molecule has 0 radical (unpaired) electrons. The van der Waals surface area contributed by atoms with Crippen molar-refractivity contribution in [2.24, 2.45) is 0 Å². The lowest BCUT2D eigenvalue weighted by molar-refractivity contribution is -0.134. The van der Waals surface area contributed by atoms with Gasteiger partial charge in [0.1, 0.15) is 0 Å². The number of hydrogen-bond donors (Lipinski definition) is 0. The summed E-state index contributed by atoms with van der Waals surface area (Å²) in [6, 6.07) is 0. The van der Waals surface area contributed by atoms with Crippen molar-refractivity contribution in [3.8, 4) is 0 Å². The van der Waals surface area contributed by atoms with Crippen molar-refractivity contribution in [1.82, 2.24) is 0 Å². The van der Waals surface area contributed by atoms with Crippen LogP contribution in [0, 0.1) is 0 Å². The van der Waals surface area contributed by atoms with Crippen LogP contribution in [-0.4, -0.2) is 30.1 Å². The zero-order valence-electron chi connectivity index (χ0n) is 10.6. The summed E-state index contributed by atoms with van der Waals surface area (Å²) < 4.78 is 10.5. The Morgan fingerprint density at radius 3 is 3.06 bits per heavy atom. The first-order valence-electron chi connectivity index (χ1n) is 5.97. The van der Waals surface area contributed by atoms with Gasteiger partial charge in [0.2, 0.25) is 0 Å². The van der Waals surface area contributed by atoms with Crippen molar-refractivity contribution in [3.05, 3.63) is 23.3 Å². The SMILES string of the molecule is CC[C@H]1O[C@@H](/C=C\C(=O)OC)C/C=C(/Cl)C[C@@H]1Br. The van der Waals surface area contributed by atoms with E-state index in [9.17, 15) is 4.79 Å². The van der Waals surface area contributed by atoms with E-state index in [0.717, 1.165) is 17.9 Å². The smallest absolute Gasteiger partial charge is 0.330 e. The molecule has 1 aliphatic rings. The largest absolute Gasteiger partial charge is 0.466 e. The van der Waals surface area contributed by atoms with Crippen molar-refractivity contribution < 1.29 is 14.3 Å². The van der Waals surface area contributed by atoms with E-state index in [0.29, 0.717) is 6.42 Å². The van der Waals surface area contributed by atoms with Crippen LogP contribution in [0.3, 0.4) is 0 Å². The third-order valence-corrected chi connectivity index (χ3v) is 3.99. The minimum absolute atomic E-state index is 0.0831. The number of carbonyl (C=O) groups excluding carboxylic acids is 1. The zero-order valence-corrected chi connectivity index (χ0v) is 12.9. The fourth-order valence-electron chi connectivity index (χ4n) is 1.74. The first-order chi connectivity index (χ1) is 8.56. The van der Waals surface area contributed by atoms with Crippen LogP contribution in [0.4, 0.5) is 0 Å². The average Bonchev–Trinajstić information content (AvgIpc) is 2.35. The van der Waals surface area contributed by atoms with Gasteiger partial charge in [-0.05, 0) is 25.3 Å². The molecule has 3 nitrogen and oxygen atoms in total. The van der Waals surface area contributed by atoms with Gasteiger partial charge in [-0.3, -0.25) is 0 Å². The van der Waals surface area contributed by atoms with Gasteiger partial charge >= 0.3 is 5.97 Å². The maximum atomic E-state index is 11.1. The van der Waals surface area contributed by atoms with E-state index >= 15 is 0 Å². The Kier molecular flexibility index (Phi) is 6.97. The highest BCUT2D eigenvalue weighted by Gasteiger charge is 2.23. The number of methoxy groups -OCH3 is 1. The molecule has 0 unspecified atom stereocenters. The molecule has 1 rings (SSSR count). The quantitative estimate of drug-likeness (QED) is 0.449. The van der Waals surface area contributed by atoms with Crippen LogP contribution in [0.25, 0.3) is 0 Å². The van der Waals surface area contributed by atoms with Crippen molar-refractivity contribution in [3.63, 3.8) is 0 Å². The third-order valence-electron chi connectivity index (χ3n) is 2.77. The summed E-state index contributed by atoms with van der Waals surface area (Å²) in [5.41, 5.74) is 0. The molecule has 1 heterocycles. The van der Waals surface area contributed by atoms with Crippen LogP contribution < -0.4 is 0 Å². The number of hydrogen-bond acceptors (Lipinski definition) is 3. The van der Waals surface area contributed by atoms with Gasteiger partial charge in [-0.15, -0.1) is 0 Å². The Morgan fingerprint density at radius 1 is 1.72 bits per heavy atom. The summed E-state index contributed by atoms with van der Waals surface area (Å²) in [6.07, 6.45) is 7.32. The second kappa shape index (κ2) is 7.97. The highest BCUT2D eigenvalue weighted by Crippen LogP contribution is 2.27. The van der Waals surface area contributed by atoms with Crippen molar-refractivity contribution in [2.45, 2.75) is 43.2 Å². The summed E-state index contributed by atoms with van der Waals surface area (Å²) in [5.74, 6) is -0.376. The fourth-order valence-corrected chi connectivity index (χ4v) is 3.03. The molecule has 0 bridgehead atoms. The standard InChI is InChI=1S/C13H18BrClO3/c1-3-12-11(14)8-9(15)4-5-10(18-12)6-7-13(16)17-2/h4,6-7,10-12H,3,5,8H2,1-2H3/b7-6-,9-4+/t10-,11+,12-/m1/s1. The molecule has 0 aromatic carbocycles. The van der Waals surface area contributed by atoms with Crippen LogP contribution in [0.5, 0.6) is 0 Å². The molecule has 0 N–H and O–H groups in total. The van der Waals surface area contributed by atoms with Gasteiger partial charge in [0.05, 0.1) is 19.3 Å². The molecule has 5 heteroatoms. The Bertz CT molecular complexity index is 341. The lowest BCUT2D eigenvalue weighted by Crippen LogP contribution is -2.29. The monoisotopic (exact) mass is 336 g/mol. The Balaban J connectivity index is 2.74. The highest BCUT2D eigenvalue weighted by molar-refractivity contribution is 9.09. The number of ether oxygens (including phenoxy) is 2. The predicted molar refractivity (Wildman–Crippen MR) is 76.0 cm³/mol. The molecule has 18 heavy (non-hydrogen) atoms. The molecule has 0 aromatic heterocycles. The minimum atomic E-state index is -0.376. The van der Waals surface area contributed by atoms with Crippen LogP contribution in [0.2, 0.25) is 0 Å². The van der Waals surface area contributed by atoms with Crippen LogP contribution in [0.15, 0.2) is 23.3 Å². The minimum Gasteiger partial charge on any atom is -0.466 e. The average molecular weight is 338 g/mol. The lowest BCUT2D eigenvalue weighted by Gasteiger charge is -2.27. The van der Waals surface area contributed by atoms with E-state index in [4.69, 9.17) is 16.3 Å². The normalized spacial score (nSPS) is 32.4. The van der Waals surface area contributed by atoms with E-state index in [1.54, 1.807) is 6.08 Å². The summed E-state index contributed by atoms with van der Waals surface area (Å²) in [6.45, 7) is 2.07. The van der Waals surface area contributed by atoms with E-state index in [1.165, 1.54) is 13.2 Å². The molecule has 0 aliphatic carbocycles. The number of esters is 1. The summed E-state index contributed by atoms with van der Waals surface area (Å²) in [4.78, 5) is 11.3. The van der Waals surface area contributed by atoms with E-state index in [2.05, 4.69) is 27.6 Å². The van der Waals surface area contributed by atoms with Crippen molar-refractivity contribution in [1.29, 1.82) is 0 Å². The second-order valence-corrected chi connectivity index (χ2v) is 5.77. The number of alkyl halides is 1. The summed E-state index contributed by atoms with van der Waals surface area (Å²) in [7, 11) is 1.35. The van der Waals surface area contributed by atoms with Crippen molar-refractivity contribution in [2.75, 3.05) is 7.11 Å². The van der Waals surface area contributed by atoms with Crippen LogP contribution in [0.1, 0.15) is 26.2 Å². The van der Waals surface area contributed by atoms with E-state index in [-0.39, 0.29) is 23.0 Å². The Hall–Kier alpha value is -0.320. The summed E-state index contributed by atoms with van der Waals surface area (Å²) >= 11 is 9.72. The zero-order chi connectivity index (χ0) is 13.5. The first kappa shape index (κ1) is 15.7. The molecular weight excluding hydrogens is 319 g/mol. The van der Waals surface area contributed by atoms with E-state index in [1.807, 2.05) is 6.08 Å². The van der Waals surface area contributed by atoms with Gasteiger partial charge in [-0.2, -0.15) is 0 Å². The van der Waals surface area contributed by atoms with Gasteiger partial charge in [-0.25, -0.2) is 4.79 Å².